The molecule has 0 bridgehead atoms. The molecule has 1 N–H and O–H groups in total. The third-order valence-corrected chi connectivity index (χ3v) is 3.54. The summed E-state index contributed by atoms with van der Waals surface area (Å²) in [4.78, 5) is 0. The second-order valence-electron chi connectivity index (χ2n) is 5.65. The molecule has 0 aromatic heterocycles. The molecular weight excluding hydrogens is 174 g/mol. The van der Waals surface area contributed by atoms with E-state index < -0.39 is 0 Å². The van der Waals surface area contributed by atoms with E-state index in [1.165, 1.54) is 0 Å². The summed E-state index contributed by atoms with van der Waals surface area (Å²) in [5.41, 5.74) is 0.399. The summed E-state index contributed by atoms with van der Waals surface area (Å²) >= 11 is 0. The normalized spacial score (nSPS) is 30.6. The molecule has 1 saturated heterocycles. The van der Waals surface area contributed by atoms with E-state index in [0.29, 0.717) is 23.5 Å². The highest BCUT2D eigenvalue weighted by Crippen LogP contribution is 2.25. The smallest absolute Gasteiger partial charge is 0.0700 e. The zero-order valence-electron chi connectivity index (χ0n) is 10.3. The van der Waals surface area contributed by atoms with E-state index >= 15 is 0 Å². The maximum absolute atomic E-state index is 5.52. The molecule has 1 aliphatic heterocycles. The summed E-state index contributed by atoms with van der Waals surface area (Å²) in [6.45, 7) is 13.4. The first-order valence-electron chi connectivity index (χ1n) is 5.76. The van der Waals surface area contributed by atoms with Crippen molar-refractivity contribution in [3.8, 4) is 0 Å². The number of ether oxygens (including phenoxy) is 1. The Morgan fingerprint density at radius 3 is 2.50 bits per heavy atom. The van der Waals surface area contributed by atoms with Gasteiger partial charge in [0.15, 0.2) is 0 Å². The van der Waals surface area contributed by atoms with Crippen LogP contribution in [0.5, 0.6) is 0 Å². The molecule has 0 radical (unpaired) electrons. The van der Waals surface area contributed by atoms with Crippen molar-refractivity contribution in [3.63, 3.8) is 0 Å². The van der Waals surface area contributed by atoms with Crippen LogP contribution in [0.4, 0.5) is 0 Å². The van der Waals surface area contributed by atoms with Crippen LogP contribution in [0.3, 0.4) is 0 Å². The molecule has 3 atom stereocenters. The van der Waals surface area contributed by atoms with Crippen LogP contribution < -0.4 is 5.32 Å². The van der Waals surface area contributed by atoms with Gasteiger partial charge in [0.25, 0.3) is 0 Å². The molecule has 0 aromatic rings. The van der Waals surface area contributed by atoms with Crippen molar-refractivity contribution >= 4 is 0 Å². The van der Waals surface area contributed by atoms with E-state index in [9.17, 15) is 0 Å². The first kappa shape index (κ1) is 12.0. The van der Waals surface area contributed by atoms with Crippen LogP contribution in [0.25, 0.3) is 0 Å². The molecule has 1 heterocycles. The molecule has 1 fully saturated rings. The van der Waals surface area contributed by atoms with Gasteiger partial charge < -0.3 is 10.1 Å². The molecule has 0 aromatic carbocycles. The molecule has 2 nitrogen and oxygen atoms in total. The predicted octanol–water partition coefficient (Wildman–Crippen LogP) is 2.44. The number of rotatable bonds is 3. The highest BCUT2D eigenvalue weighted by molar-refractivity contribution is 4.81. The minimum Gasteiger partial charge on any atom is -0.377 e. The van der Waals surface area contributed by atoms with Gasteiger partial charge in [0.2, 0.25) is 0 Å². The van der Waals surface area contributed by atoms with E-state index in [4.69, 9.17) is 4.74 Å². The number of nitrogens with one attached hydrogen (secondary N) is 1. The predicted molar refractivity (Wildman–Crippen MR) is 60.4 cm³/mol. The lowest BCUT2D eigenvalue weighted by Gasteiger charge is -2.29. The summed E-state index contributed by atoms with van der Waals surface area (Å²) in [5, 5.41) is 3.61. The molecule has 3 unspecified atom stereocenters. The molecular formula is C12H25NO. The van der Waals surface area contributed by atoms with E-state index in [0.717, 1.165) is 19.6 Å². The topological polar surface area (TPSA) is 21.3 Å². The van der Waals surface area contributed by atoms with Gasteiger partial charge in [0.1, 0.15) is 0 Å². The molecule has 14 heavy (non-hydrogen) atoms. The fourth-order valence-electron chi connectivity index (χ4n) is 1.63. The minimum atomic E-state index is 0.391. The SMILES string of the molecule is CC1OCCC1NCC(C)C(C)(C)C. The molecule has 1 aliphatic rings. The van der Waals surface area contributed by atoms with Gasteiger partial charge in [-0.2, -0.15) is 0 Å². The van der Waals surface area contributed by atoms with E-state index in [1.54, 1.807) is 0 Å². The third kappa shape index (κ3) is 3.25. The van der Waals surface area contributed by atoms with E-state index in [2.05, 4.69) is 39.9 Å². The molecule has 0 saturated carbocycles. The van der Waals surface area contributed by atoms with Crippen molar-refractivity contribution in [2.45, 2.75) is 53.2 Å². The van der Waals surface area contributed by atoms with Gasteiger partial charge in [-0.05, 0) is 31.2 Å². The van der Waals surface area contributed by atoms with Crippen molar-refractivity contribution in [3.05, 3.63) is 0 Å². The quantitative estimate of drug-likeness (QED) is 0.754. The van der Waals surface area contributed by atoms with Crippen molar-refractivity contribution in [2.75, 3.05) is 13.2 Å². The van der Waals surface area contributed by atoms with Gasteiger partial charge in [0.05, 0.1) is 6.10 Å². The lowest BCUT2D eigenvalue weighted by Crippen LogP contribution is -2.39. The van der Waals surface area contributed by atoms with Crippen molar-refractivity contribution < 1.29 is 4.74 Å². The van der Waals surface area contributed by atoms with Crippen LogP contribution >= 0.6 is 0 Å². The van der Waals surface area contributed by atoms with Gasteiger partial charge in [0, 0.05) is 12.6 Å². The minimum absolute atomic E-state index is 0.391. The van der Waals surface area contributed by atoms with Crippen molar-refractivity contribution in [1.82, 2.24) is 5.32 Å². The van der Waals surface area contributed by atoms with Crippen LogP contribution in [-0.2, 0) is 4.74 Å². The Hall–Kier alpha value is -0.0800. The fourth-order valence-corrected chi connectivity index (χ4v) is 1.63. The number of hydrogen-bond donors (Lipinski definition) is 1. The van der Waals surface area contributed by atoms with Crippen LogP contribution in [0.15, 0.2) is 0 Å². The fraction of sp³-hybridized carbons (Fsp3) is 1.00. The Morgan fingerprint density at radius 1 is 1.43 bits per heavy atom. The molecule has 2 heteroatoms. The van der Waals surface area contributed by atoms with Gasteiger partial charge in [-0.15, -0.1) is 0 Å². The highest BCUT2D eigenvalue weighted by Gasteiger charge is 2.26. The summed E-state index contributed by atoms with van der Waals surface area (Å²) in [7, 11) is 0. The standard InChI is InChI=1S/C12H25NO/c1-9(12(3,4)5)8-13-11-6-7-14-10(11)2/h9-11,13H,6-8H2,1-5H3. The van der Waals surface area contributed by atoms with Crippen molar-refractivity contribution in [1.29, 1.82) is 0 Å². The Labute approximate surface area is 88.4 Å². The zero-order chi connectivity index (χ0) is 10.8. The monoisotopic (exact) mass is 199 g/mol. The molecule has 0 amide bonds. The van der Waals surface area contributed by atoms with Crippen LogP contribution in [0.2, 0.25) is 0 Å². The van der Waals surface area contributed by atoms with Crippen LogP contribution in [0, 0.1) is 11.3 Å². The Balaban J connectivity index is 2.26. The molecule has 84 valence electrons. The second kappa shape index (κ2) is 4.63. The Kier molecular flexibility index (Phi) is 3.96. The van der Waals surface area contributed by atoms with Crippen LogP contribution in [0.1, 0.15) is 41.0 Å². The van der Waals surface area contributed by atoms with Gasteiger partial charge in [-0.25, -0.2) is 0 Å². The first-order chi connectivity index (χ1) is 6.41. The van der Waals surface area contributed by atoms with Crippen LogP contribution in [-0.4, -0.2) is 25.3 Å². The number of hydrogen-bond acceptors (Lipinski definition) is 2. The molecule has 0 spiro atoms. The third-order valence-electron chi connectivity index (χ3n) is 3.54. The molecule has 0 aliphatic carbocycles. The lowest BCUT2D eigenvalue weighted by atomic mass is 9.82. The molecule has 1 rings (SSSR count). The van der Waals surface area contributed by atoms with Gasteiger partial charge in [-0.1, -0.05) is 27.7 Å². The van der Waals surface area contributed by atoms with E-state index in [1.807, 2.05) is 0 Å². The van der Waals surface area contributed by atoms with Gasteiger partial charge in [-0.3, -0.25) is 0 Å². The largest absolute Gasteiger partial charge is 0.377 e. The maximum atomic E-state index is 5.52. The summed E-state index contributed by atoms with van der Waals surface area (Å²) < 4.78 is 5.52. The Morgan fingerprint density at radius 2 is 2.07 bits per heavy atom. The maximum Gasteiger partial charge on any atom is 0.0700 e. The first-order valence-corrected chi connectivity index (χ1v) is 5.76. The van der Waals surface area contributed by atoms with Gasteiger partial charge >= 0.3 is 0 Å². The second-order valence-corrected chi connectivity index (χ2v) is 5.65. The summed E-state index contributed by atoms with van der Waals surface area (Å²) in [5.74, 6) is 0.704. The average molecular weight is 199 g/mol. The lowest BCUT2D eigenvalue weighted by molar-refractivity contribution is 0.110. The highest BCUT2D eigenvalue weighted by atomic mass is 16.5. The van der Waals surface area contributed by atoms with Crippen molar-refractivity contribution in [2.24, 2.45) is 11.3 Å². The summed E-state index contributed by atoms with van der Waals surface area (Å²) in [6.07, 6.45) is 1.56. The Bertz CT molecular complexity index is 172. The zero-order valence-corrected chi connectivity index (χ0v) is 10.3. The van der Waals surface area contributed by atoms with E-state index in [-0.39, 0.29) is 0 Å². The summed E-state index contributed by atoms with van der Waals surface area (Å²) in [6, 6.07) is 0.569. The average Bonchev–Trinajstić information content (AvgIpc) is 2.45.